The maximum Gasteiger partial charge on any atom is 0.230 e. The molecule has 3 fully saturated rings. The zero-order valence-electron chi connectivity index (χ0n) is 11.1. The first-order chi connectivity index (χ1) is 9.28. The van der Waals surface area contributed by atoms with E-state index in [9.17, 15) is 4.79 Å². The number of nitrogens with zero attached hydrogens (tertiary/aromatic N) is 1. The number of carbonyl (C=O) groups excluding carboxylic acids is 1. The molecule has 5 nitrogen and oxygen atoms in total. The molecule has 102 valence electrons. The zero-order chi connectivity index (χ0) is 13.2. The number of aromatic nitrogens is 1. The highest BCUT2D eigenvalue weighted by Gasteiger charge is 2.39. The van der Waals surface area contributed by atoms with Gasteiger partial charge in [-0.15, -0.1) is 0 Å². The van der Waals surface area contributed by atoms with E-state index in [1.807, 2.05) is 0 Å². The SMILES string of the molecule is COc1cccnc1NC(=O)[C@H]1C[C@@H]2CC[C@H]1NC2. The van der Waals surface area contributed by atoms with Crippen LogP contribution in [0.25, 0.3) is 0 Å². The molecule has 3 heterocycles. The summed E-state index contributed by atoms with van der Waals surface area (Å²) in [6.45, 7) is 1.06. The summed E-state index contributed by atoms with van der Waals surface area (Å²) >= 11 is 0. The summed E-state index contributed by atoms with van der Waals surface area (Å²) in [6.07, 6.45) is 4.98. The van der Waals surface area contributed by atoms with Crippen LogP contribution in [0.4, 0.5) is 5.82 Å². The summed E-state index contributed by atoms with van der Waals surface area (Å²) in [7, 11) is 1.58. The highest BCUT2D eigenvalue weighted by molar-refractivity contribution is 5.93. The maximum absolute atomic E-state index is 12.4. The molecular weight excluding hydrogens is 242 g/mol. The van der Waals surface area contributed by atoms with Crippen LogP contribution in [0.3, 0.4) is 0 Å². The van der Waals surface area contributed by atoms with Crippen molar-refractivity contribution < 1.29 is 9.53 Å². The number of methoxy groups -OCH3 is 1. The van der Waals surface area contributed by atoms with Crippen LogP contribution >= 0.6 is 0 Å². The van der Waals surface area contributed by atoms with E-state index in [-0.39, 0.29) is 11.8 Å². The number of pyridine rings is 1. The van der Waals surface area contributed by atoms with Crippen LogP contribution in [0.1, 0.15) is 19.3 Å². The molecule has 1 saturated carbocycles. The third-order valence-corrected chi connectivity index (χ3v) is 4.20. The lowest BCUT2D eigenvalue weighted by Crippen LogP contribution is -2.53. The number of hydrogen-bond donors (Lipinski definition) is 2. The third-order valence-electron chi connectivity index (χ3n) is 4.20. The Morgan fingerprint density at radius 2 is 2.42 bits per heavy atom. The molecule has 5 heteroatoms. The van der Waals surface area contributed by atoms with Crippen molar-refractivity contribution in [2.45, 2.75) is 25.3 Å². The number of ether oxygens (including phenoxy) is 1. The van der Waals surface area contributed by atoms with Crippen LogP contribution in [0.2, 0.25) is 0 Å². The first-order valence-electron chi connectivity index (χ1n) is 6.81. The number of hydrogen-bond acceptors (Lipinski definition) is 4. The highest BCUT2D eigenvalue weighted by atomic mass is 16.5. The molecule has 4 rings (SSSR count). The summed E-state index contributed by atoms with van der Waals surface area (Å²) in [5, 5.41) is 6.35. The van der Waals surface area contributed by atoms with Crippen molar-refractivity contribution in [1.29, 1.82) is 0 Å². The van der Waals surface area contributed by atoms with E-state index in [0.717, 1.165) is 19.4 Å². The molecule has 0 radical (unpaired) electrons. The minimum atomic E-state index is 0.0545. The number of piperidine rings is 2. The van der Waals surface area contributed by atoms with Gasteiger partial charge in [-0.2, -0.15) is 0 Å². The summed E-state index contributed by atoms with van der Waals surface area (Å²) in [5.41, 5.74) is 0. The Kier molecular flexibility index (Phi) is 3.38. The first kappa shape index (κ1) is 12.4. The lowest BCUT2D eigenvalue weighted by atomic mass is 9.73. The molecule has 0 spiro atoms. The fraction of sp³-hybridized carbons (Fsp3) is 0.571. The van der Waals surface area contributed by atoms with Crippen LogP contribution in [-0.4, -0.2) is 30.6 Å². The number of amides is 1. The second-order valence-electron chi connectivity index (χ2n) is 5.34. The largest absolute Gasteiger partial charge is 0.493 e. The lowest BCUT2D eigenvalue weighted by Gasteiger charge is -2.42. The van der Waals surface area contributed by atoms with Gasteiger partial charge in [0.25, 0.3) is 0 Å². The van der Waals surface area contributed by atoms with E-state index in [2.05, 4.69) is 15.6 Å². The van der Waals surface area contributed by atoms with Gasteiger partial charge in [-0.1, -0.05) is 0 Å². The molecule has 19 heavy (non-hydrogen) atoms. The number of fused-ring (bicyclic) bond motifs is 3. The van der Waals surface area contributed by atoms with Crippen molar-refractivity contribution in [1.82, 2.24) is 10.3 Å². The molecule has 2 N–H and O–H groups in total. The average Bonchev–Trinajstić information content (AvgIpc) is 2.49. The summed E-state index contributed by atoms with van der Waals surface area (Å²) < 4.78 is 5.20. The van der Waals surface area contributed by atoms with E-state index in [0.29, 0.717) is 23.5 Å². The fourth-order valence-electron chi connectivity index (χ4n) is 3.15. The second kappa shape index (κ2) is 5.17. The molecule has 1 amide bonds. The lowest BCUT2D eigenvalue weighted by molar-refractivity contribution is -0.123. The monoisotopic (exact) mass is 261 g/mol. The Morgan fingerprint density at radius 3 is 3.05 bits per heavy atom. The van der Waals surface area contributed by atoms with Gasteiger partial charge in [-0.3, -0.25) is 4.79 Å². The fourth-order valence-corrected chi connectivity index (χ4v) is 3.15. The van der Waals surface area contributed by atoms with Gasteiger partial charge in [0.15, 0.2) is 11.6 Å². The Morgan fingerprint density at radius 1 is 1.53 bits per heavy atom. The van der Waals surface area contributed by atoms with Crippen molar-refractivity contribution in [2.24, 2.45) is 11.8 Å². The smallest absolute Gasteiger partial charge is 0.230 e. The van der Waals surface area contributed by atoms with Gasteiger partial charge in [-0.05, 0) is 43.9 Å². The third kappa shape index (κ3) is 2.42. The number of nitrogens with one attached hydrogen (secondary N) is 2. The zero-order valence-corrected chi connectivity index (χ0v) is 11.1. The van der Waals surface area contributed by atoms with Gasteiger partial charge < -0.3 is 15.4 Å². The molecule has 0 unspecified atom stereocenters. The van der Waals surface area contributed by atoms with Crippen LogP contribution in [0, 0.1) is 11.8 Å². The quantitative estimate of drug-likeness (QED) is 0.863. The van der Waals surface area contributed by atoms with E-state index < -0.39 is 0 Å². The minimum absolute atomic E-state index is 0.0545. The molecule has 2 saturated heterocycles. The Labute approximate surface area is 112 Å². The van der Waals surface area contributed by atoms with Crippen molar-refractivity contribution in [2.75, 3.05) is 19.0 Å². The standard InChI is InChI=1S/C14H19N3O2/c1-19-12-3-2-6-15-13(12)17-14(18)10-7-9-4-5-11(10)16-8-9/h2-3,6,9-11,16H,4-5,7-8H2,1H3,(H,15,17,18)/t9-,10-,11+/m0/s1. The molecule has 3 aliphatic rings. The first-order valence-corrected chi connectivity index (χ1v) is 6.81. The Hall–Kier alpha value is -1.62. The van der Waals surface area contributed by atoms with E-state index in [1.54, 1.807) is 25.4 Å². The molecule has 1 aromatic heterocycles. The van der Waals surface area contributed by atoms with Crippen molar-refractivity contribution in [3.8, 4) is 5.75 Å². The highest BCUT2D eigenvalue weighted by Crippen LogP contribution is 2.34. The average molecular weight is 261 g/mol. The normalized spacial score (nSPS) is 29.0. The minimum Gasteiger partial charge on any atom is -0.493 e. The molecule has 1 aliphatic carbocycles. The van der Waals surface area contributed by atoms with E-state index in [4.69, 9.17) is 4.74 Å². The number of carbonyl (C=O) groups is 1. The predicted octanol–water partition coefficient (Wildman–Crippen LogP) is 1.42. The van der Waals surface area contributed by atoms with E-state index >= 15 is 0 Å². The van der Waals surface area contributed by atoms with Crippen molar-refractivity contribution >= 4 is 11.7 Å². The molecule has 2 bridgehead atoms. The van der Waals surface area contributed by atoms with Crippen molar-refractivity contribution in [3.63, 3.8) is 0 Å². The van der Waals surface area contributed by atoms with Gasteiger partial charge >= 0.3 is 0 Å². The van der Waals surface area contributed by atoms with Crippen LogP contribution in [0.15, 0.2) is 18.3 Å². The molecule has 3 atom stereocenters. The van der Waals surface area contributed by atoms with Gasteiger partial charge in [0.1, 0.15) is 0 Å². The van der Waals surface area contributed by atoms with Crippen LogP contribution < -0.4 is 15.4 Å². The molecule has 0 aromatic carbocycles. The van der Waals surface area contributed by atoms with Crippen LogP contribution in [-0.2, 0) is 4.79 Å². The van der Waals surface area contributed by atoms with Gasteiger partial charge in [0.05, 0.1) is 13.0 Å². The molecule has 1 aromatic rings. The number of anilines is 1. The summed E-state index contributed by atoms with van der Waals surface area (Å²) in [6, 6.07) is 3.91. The Bertz CT molecular complexity index is 470. The second-order valence-corrected chi connectivity index (χ2v) is 5.34. The Balaban J connectivity index is 1.71. The van der Waals surface area contributed by atoms with E-state index in [1.165, 1.54) is 6.42 Å². The predicted molar refractivity (Wildman–Crippen MR) is 72.0 cm³/mol. The summed E-state index contributed by atoms with van der Waals surface area (Å²) in [5.74, 6) is 1.87. The molecular formula is C14H19N3O2. The number of rotatable bonds is 3. The van der Waals surface area contributed by atoms with Crippen LogP contribution in [0.5, 0.6) is 5.75 Å². The van der Waals surface area contributed by atoms with Gasteiger partial charge in [0.2, 0.25) is 5.91 Å². The van der Waals surface area contributed by atoms with Gasteiger partial charge in [-0.25, -0.2) is 4.98 Å². The topological polar surface area (TPSA) is 63.2 Å². The van der Waals surface area contributed by atoms with Gasteiger partial charge in [0, 0.05) is 12.2 Å². The van der Waals surface area contributed by atoms with Crippen molar-refractivity contribution in [3.05, 3.63) is 18.3 Å². The maximum atomic E-state index is 12.4. The summed E-state index contributed by atoms with van der Waals surface area (Å²) in [4.78, 5) is 16.5. The molecule has 2 aliphatic heterocycles.